The quantitative estimate of drug-likeness (QED) is 0.941. The molecule has 2 aromatic rings. The van der Waals surface area contributed by atoms with Crippen LogP contribution in [0.2, 0.25) is 0 Å². The van der Waals surface area contributed by atoms with Crippen molar-refractivity contribution in [3.63, 3.8) is 0 Å². The average molecular weight is 314 g/mol. The van der Waals surface area contributed by atoms with E-state index in [2.05, 4.69) is 0 Å². The second-order valence-corrected chi connectivity index (χ2v) is 6.28. The summed E-state index contributed by atoms with van der Waals surface area (Å²) in [7, 11) is 3.87. The summed E-state index contributed by atoms with van der Waals surface area (Å²) in [5, 5.41) is 11.3. The summed E-state index contributed by atoms with van der Waals surface area (Å²) in [6, 6.07) is 11.2. The van der Waals surface area contributed by atoms with E-state index >= 15 is 0 Å². The Morgan fingerprint density at radius 2 is 2.04 bits per heavy atom. The number of hydrogen-bond acceptors (Lipinski definition) is 4. The van der Waals surface area contributed by atoms with E-state index in [1.807, 2.05) is 49.3 Å². The van der Waals surface area contributed by atoms with Crippen LogP contribution in [0.15, 0.2) is 53.3 Å². The molecule has 0 bridgehead atoms. The predicted octanol–water partition coefficient (Wildman–Crippen LogP) is 1.94. The fourth-order valence-corrected chi connectivity index (χ4v) is 3.33. The van der Waals surface area contributed by atoms with E-state index in [9.17, 15) is 9.90 Å². The van der Waals surface area contributed by atoms with Crippen LogP contribution in [0.1, 0.15) is 22.3 Å². The van der Waals surface area contributed by atoms with Gasteiger partial charge >= 0.3 is 0 Å². The van der Waals surface area contributed by atoms with E-state index in [0.717, 1.165) is 5.56 Å². The van der Waals surface area contributed by atoms with Gasteiger partial charge in [0.2, 0.25) is 0 Å². The fraction of sp³-hybridized carbons (Fsp3) is 0.389. The van der Waals surface area contributed by atoms with E-state index in [0.29, 0.717) is 25.1 Å². The number of hydrogen-bond donors (Lipinski definition) is 1. The second-order valence-electron chi connectivity index (χ2n) is 6.28. The van der Waals surface area contributed by atoms with Gasteiger partial charge in [0.1, 0.15) is 11.9 Å². The number of aliphatic hydroxyl groups is 1. The Labute approximate surface area is 136 Å². The van der Waals surface area contributed by atoms with Gasteiger partial charge in [-0.1, -0.05) is 30.3 Å². The van der Waals surface area contributed by atoms with Crippen LogP contribution in [0.5, 0.6) is 0 Å². The molecule has 1 aliphatic heterocycles. The Bertz CT molecular complexity index is 654. The number of carbonyl (C=O) groups excluding carboxylic acids is 1. The lowest BCUT2D eigenvalue weighted by atomic mass is 9.79. The van der Waals surface area contributed by atoms with Gasteiger partial charge in [0.25, 0.3) is 5.91 Å². The van der Waals surface area contributed by atoms with Crippen molar-refractivity contribution >= 4 is 5.91 Å². The van der Waals surface area contributed by atoms with Crippen molar-refractivity contribution in [1.29, 1.82) is 0 Å². The third-order valence-electron chi connectivity index (χ3n) is 4.66. The van der Waals surface area contributed by atoms with Gasteiger partial charge in [-0.25, -0.2) is 0 Å². The molecular formula is C18H22N2O3. The first-order valence-electron chi connectivity index (χ1n) is 7.78. The first-order valence-corrected chi connectivity index (χ1v) is 7.78. The van der Waals surface area contributed by atoms with Gasteiger partial charge in [0, 0.05) is 13.1 Å². The van der Waals surface area contributed by atoms with Crippen LogP contribution in [0.4, 0.5) is 0 Å². The predicted molar refractivity (Wildman–Crippen MR) is 87.0 cm³/mol. The zero-order valence-corrected chi connectivity index (χ0v) is 13.5. The number of benzene rings is 1. The minimum absolute atomic E-state index is 0.0549. The molecule has 23 heavy (non-hydrogen) atoms. The highest BCUT2D eigenvalue weighted by atomic mass is 16.3. The maximum absolute atomic E-state index is 12.5. The number of carbonyl (C=O) groups is 1. The average Bonchev–Trinajstić information content (AvgIpc) is 3.09. The number of nitrogens with zero attached hydrogens (tertiary/aromatic N) is 2. The molecular weight excluding hydrogens is 292 g/mol. The zero-order chi connectivity index (χ0) is 16.4. The molecule has 1 amide bonds. The molecule has 5 heteroatoms. The van der Waals surface area contributed by atoms with Crippen molar-refractivity contribution in [3.8, 4) is 0 Å². The summed E-state index contributed by atoms with van der Waals surface area (Å²) in [5.41, 5.74) is 0.486. The summed E-state index contributed by atoms with van der Waals surface area (Å²) in [6.45, 7) is 0.988. The van der Waals surface area contributed by atoms with Crippen LogP contribution in [0, 0.1) is 0 Å². The van der Waals surface area contributed by atoms with Gasteiger partial charge in [-0.2, -0.15) is 0 Å². The third-order valence-corrected chi connectivity index (χ3v) is 4.66. The molecule has 0 saturated carbocycles. The first-order chi connectivity index (χ1) is 11.0. The Morgan fingerprint density at radius 3 is 2.65 bits per heavy atom. The topological polar surface area (TPSA) is 56.9 Å². The molecule has 1 fully saturated rings. The minimum atomic E-state index is -0.960. The lowest BCUT2D eigenvalue weighted by Gasteiger charge is -2.47. The van der Waals surface area contributed by atoms with Crippen LogP contribution < -0.4 is 0 Å². The van der Waals surface area contributed by atoms with E-state index in [4.69, 9.17) is 4.42 Å². The van der Waals surface area contributed by atoms with Crippen LogP contribution in [-0.2, 0) is 5.60 Å². The lowest BCUT2D eigenvalue weighted by molar-refractivity contribution is -0.0810. The van der Waals surface area contributed by atoms with Gasteiger partial charge in [-0.3, -0.25) is 4.79 Å². The van der Waals surface area contributed by atoms with Crippen LogP contribution in [0.3, 0.4) is 0 Å². The zero-order valence-electron chi connectivity index (χ0n) is 13.5. The molecule has 0 spiro atoms. The van der Waals surface area contributed by atoms with E-state index in [-0.39, 0.29) is 11.9 Å². The maximum Gasteiger partial charge on any atom is 0.257 e. The number of amides is 1. The van der Waals surface area contributed by atoms with Crippen molar-refractivity contribution in [1.82, 2.24) is 9.80 Å². The van der Waals surface area contributed by atoms with Gasteiger partial charge < -0.3 is 19.3 Å². The molecule has 3 rings (SSSR count). The molecule has 1 N–H and O–H groups in total. The number of piperidine rings is 1. The minimum Gasteiger partial charge on any atom is -0.472 e. The van der Waals surface area contributed by atoms with Crippen LogP contribution in [-0.4, -0.2) is 54.0 Å². The summed E-state index contributed by atoms with van der Waals surface area (Å²) in [6.07, 6.45) is 3.47. The molecule has 1 aliphatic rings. The molecule has 2 unspecified atom stereocenters. The van der Waals surface area contributed by atoms with Crippen LogP contribution >= 0.6 is 0 Å². The van der Waals surface area contributed by atoms with Crippen LogP contribution in [0.25, 0.3) is 0 Å². The van der Waals surface area contributed by atoms with Crippen molar-refractivity contribution in [2.24, 2.45) is 0 Å². The number of rotatable bonds is 3. The molecule has 1 aromatic carbocycles. The highest BCUT2D eigenvalue weighted by Crippen LogP contribution is 2.35. The van der Waals surface area contributed by atoms with Gasteiger partial charge in [0.15, 0.2) is 0 Å². The summed E-state index contributed by atoms with van der Waals surface area (Å²) in [4.78, 5) is 16.3. The van der Waals surface area contributed by atoms with Gasteiger partial charge in [-0.15, -0.1) is 0 Å². The third kappa shape index (κ3) is 2.90. The van der Waals surface area contributed by atoms with Crippen molar-refractivity contribution < 1.29 is 14.3 Å². The normalized spacial score (nSPS) is 24.9. The van der Waals surface area contributed by atoms with E-state index in [1.54, 1.807) is 11.0 Å². The molecule has 5 nitrogen and oxygen atoms in total. The second kappa shape index (κ2) is 6.18. The van der Waals surface area contributed by atoms with Crippen molar-refractivity contribution in [2.75, 3.05) is 27.2 Å². The Morgan fingerprint density at radius 1 is 1.30 bits per heavy atom. The molecule has 2 atom stereocenters. The molecule has 1 aromatic heterocycles. The number of furan rings is 1. The molecule has 0 radical (unpaired) electrons. The fourth-order valence-electron chi connectivity index (χ4n) is 3.33. The monoisotopic (exact) mass is 314 g/mol. The highest BCUT2D eigenvalue weighted by molar-refractivity contribution is 5.93. The summed E-state index contributed by atoms with van der Waals surface area (Å²) in [5.74, 6) is -0.0549. The summed E-state index contributed by atoms with van der Waals surface area (Å²) < 4.78 is 5.00. The Kier molecular flexibility index (Phi) is 4.24. The van der Waals surface area contributed by atoms with Gasteiger partial charge in [-0.05, 0) is 32.1 Å². The number of likely N-dealkylation sites (tertiary alicyclic amines) is 1. The van der Waals surface area contributed by atoms with E-state index < -0.39 is 5.60 Å². The molecule has 0 aliphatic carbocycles. The standard InChI is InChI=1S/C18H22N2O3/c1-19(2)16-12-20(17(21)14-8-11-23-13-14)10-9-18(16,22)15-6-4-3-5-7-15/h3-8,11,13,16,22H,9-10,12H2,1-2H3. The van der Waals surface area contributed by atoms with E-state index in [1.165, 1.54) is 12.5 Å². The lowest BCUT2D eigenvalue weighted by Crippen LogP contribution is -2.60. The molecule has 1 saturated heterocycles. The van der Waals surface area contributed by atoms with Crippen molar-refractivity contribution in [2.45, 2.75) is 18.1 Å². The number of likely N-dealkylation sites (N-methyl/N-ethyl adjacent to an activating group) is 1. The Balaban J connectivity index is 1.86. The van der Waals surface area contributed by atoms with Crippen molar-refractivity contribution in [3.05, 3.63) is 60.1 Å². The maximum atomic E-state index is 12.5. The largest absolute Gasteiger partial charge is 0.472 e. The SMILES string of the molecule is CN(C)C1CN(C(=O)c2ccoc2)CCC1(O)c1ccccc1. The molecule has 122 valence electrons. The molecule has 2 heterocycles. The highest BCUT2D eigenvalue weighted by Gasteiger charge is 2.45. The smallest absolute Gasteiger partial charge is 0.257 e. The van der Waals surface area contributed by atoms with Gasteiger partial charge in [0.05, 0.1) is 17.9 Å². The Hall–Kier alpha value is -2.11. The summed E-state index contributed by atoms with van der Waals surface area (Å²) >= 11 is 0. The first kappa shape index (κ1) is 15.8.